The van der Waals surface area contributed by atoms with E-state index < -0.39 is 0 Å². The Kier molecular flexibility index (Phi) is 6.71. The molecular formula is C26H26N2O3S. The van der Waals surface area contributed by atoms with Crippen molar-refractivity contribution >= 4 is 28.6 Å². The Morgan fingerprint density at radius 2 is 1.62 bits per heavy atom. The number of carbonyl (C=O) groups excluding carboxylic acids is 1. The van der Waals surface area contributed by atoms with Crippen LogP contribution in [-0.2, 0) is 0 Å². The van der Waals surface area contributed by atoms with Crippen LogP contribution in [0.1, 0.15) is 15.9 Å². The lowest BCUT2D eigenvalue weighted by atomic mass is 10.1. The van der Waals surface area contributed by atoms with Gasteiger partial charge in [-0.25, -0.2) is 0 Å². The zero-order chi connectivity index (χ0) is 22.5. The number of aromatic amines is 1. The SMILES string of the molecule is COc1cccc(OC)c1C(=O)NCCSc1c(-c2ccc(C)cc2)[nH]c2ccccc12. The van der Waals surface area contributed by atoms with Gasteiger partial charge >= 0.3 is 0 Å². The minimum Gasteiger partial charge on any atom is -0.496 e. The highest BCUT2D eigenvalue weighted by Gasteiger charge is 2.18. The summed E-state index contributed by atoms with van der Waals surface area (Å²) < 4.78 is 10.7. The molecule has 4 rings (SSSR count). The number of carbonyl (C=O) groups is 1. The van der Waals surface area contributed by atoms with Crippen molar-refractivity contribution < 1.29 is 14.3 Å². The van der Waals surface area contributed by atoms with Gasteiger partial charge in [-0.2, -0.15) is 0 Å². The van der Waals surface area contributed by atoms with Crippen LogP contribution in [0, 0.1) is 6.92 Å². The first kappa shape index (κ1) is 21.8. The number of rotatable bonds is 8. The minimum atomic E-state index is -0.211. The first-order valence-electron chi connectivity index (χ1n) is 10.4. The number of thioether (sulfide) groups is 1. The van der Waals surface area contributed by atoms with Gasteiger partial charge < -0.3 is 19.8 Å². The van der Waals surface area contributed by atoms with E-state index in [4.69, 9.17) is 9.47 Å². The summed E-state index contributed by atoms with van der Waals surface area (Å²) in [4.78, 5) is 17.6. The summed E-state index contributed by atoms with van der Waals surface area (Å²) in [5, 5.41) is 4.18. The van der Waals surface area contributed by atoms with Gasteiger partial charge in [0, 0.05) is 28.1 Å². The Morgan fingerprint density at radius 1 is 0.938 bits per heavy atom. The van der Waals surface area contributed by atoms with E-state index in [-0.39, 0.29) is 5.91 Å². The second-order valence-electron chi connectivity index (χ2n) is 7.38. The van der Waals surface area contributed by atoms with Crippen LogP contribution < -0.4 is 14.8 Å². The Hall–Kier alpha value is -3.38. The average molecular weight is 447 g/mol. The van der Waals surface area contributed by atoms with Crippen molar-refractivity contribution in [2.45, 2.75) is 11.8 Å². The van der Waals surface area contributed by atoms with E-state index in [1.807, 2.05) is 6.07 Å². The van der Waals surface area contributed by atoms with E-state index in [1.165, 1.54) is 15.8 Å². The molecule has 0 radical (unpaired) electrons. The number of aryl methyl sites for hydroxylation is 1. The van der Waals surface area contributed by atoms with Crippen molar-refractivity contribution in [1.29, 1.82) is 0 Å². The standard InChI is InChI=1S/C26H26N2O3S/c1-17-11-13-18(14-12-17)24-25(19-7-4-5-8-20(19)28-24)32-16-15-27-26(29)23-21(30-2)9-6-10-22(23)31-3/h4-14,28H,15-16H2,1-3H3,(H,27,29). The molecule has 32 heavy (non-hydrogen) atoms. The van der Waals surface area contributed by atoms with Crippen molar-refractivity contribution in [3.05, 3.63) is 77.9 Å². The molecule has 0 fully saturated rings. The number of amides is 1. The predicted molar refractivity (Wildman–Crippen MR) is 131 cm³/mol. The van der Waals surface area contributed by atoms with Gasteiger partial charge in [0.05, 0.1) is 19.9 Å². The molecule has 0 spiro atoms. The average Bonchev–Trinajstić information content (AvgIpc) is 3.20. The number of fused-ring (bicyclic) bond motifs is 1. The van der Waals surface area contributed by atoms with Crippen LogP contribution in [0.2, 0.25) is 0 Å². The highest BCUT2D eigenvalue weighted by atomic mass is 32.2. The number of ether oxygens (including phenoxy) is 2. The topological polar surface area (TPSA) is 63.4 Å². The van der Waals surface area contributed by atoms with Gasteiger partial charge in [0.25, 0.3) is 5.91 Å². The molecule has 1 amide bonds. The number of nitrogens with one attached hydrogen (secondary N) is 2. The summed E-state index contributed by atoms with van der Waals surface area (Å²) in [6, 6.07) is 22.1. The minimum absolute atomic E-state index is 0.211. The van der Waals surface area contributed by atoms with Crippen LogP contribution in [0.15, 0.2) is 71.6 Å². The molecule has 0 bridgehead atoms. The Bertz CT molecular complexity index is 1210. The first-order valence-corrected chi connectivity index (χ1v) is 11.4. The molecular weight excluding hydrogens is 420 g/mol. The molecule has 0 aliphatic rings. The maximum atomic E-state index is 12.8. The predicted octanol–water partition coefficient (Wildman–Crippen LogP) is 5.68. The maximum Gasteiger partial charge on any atom is 0.258 e. The number of hydrogen-bond donors (Lipinski definition) is 2. The third-order valence-electron chi connectivity index (χ3n) is 5.29. The molecule has 164 valence electrons. The molecule has 0 aliphatic carbocycles. The molecule has 0 saturated carbocycles. The highest BCUT2D eigenvalue weighted by Crippen LogP contribution is 2.37. The molecule has 3 aromatic carbocycles. The summed E-state index contributed by atoms with van der Waals surface area (Å²) in [6.07, 6.45) is 0. The third kappa shape index (κ3) is 4.46. The number of para-hydroxylation sites is 1. The third-order valence-corrected chi connectivity index (χ3v) is 6.41. The molecule has 0 aliphatic heterocycles. The normalized spacial score (nSPS) is 10.8. The molecule has 5 nitrogen and oxygen atoms in total. The second-order valence-corrected chi connectivity index (χ2v) is 8.49. The fourth-order valence-corrected chi connectivity index (χ4v) is 4.73. The molecule has 0 unspecified atom stereocenters. The van der Waals surface area contributed by atoms with Crippen LogP contribution in [-0.4, -0.2) is 37.4 Å². The molecule has 0 saturated heterocycles. The van der Waals surface area contributed by atoms with Gasteiger partial charge in [0.15, 0.2) is 0 Å². The zero-order valence-electron chi connectivity index (χ0n) is 18.4. The van der Waals surface area contributed by atoms with Crippen LogP contribution in [0.5, 0.6) is 11.5 Å². The summed E-state index contributed by atoms with van der Waals surface area (Å²) in [7, 11) is 3.09. The van der Waals surface area contributed by atoms with Crippen LogP contribution >= 0.6 is 11.8 Å². The van der Waals surface area contributed by atoms with Crippen LogP contribution in [0.25, 0.3) is 22.2 Å². The van der Waals surface area contributed by atoms with E-state index in [0.717, 1.165) is 22.5 Å². The molecule has 2 N–H and O–H groups in total. The maximum absolute atomic E-state index is 12.8. The van der Waals surface area contributed by atoms with Gasteiger partial charge in [-0.05, 0) is 30.7 Å². The first-order chi connectivity index (χ1) is 15.6. The largest absolute Gasteiger partial charge is 0.496 e. The molecule has 6 heteroatoms. The number of benzene rings is 3. The fourth-order valence-electron chi connectivity index (χ4n) is 3.67. The van der Waals surface area contributed by atoms with E-state index in [2.05, 4.69) is 59.7 Å². The lowest BCUT2D eigenvalue weighted by molar-refractivity contribution is 0.0950. The lowest BCUT2D eigenvalue weighted by Crippen LogP contribution is -2.26. The van der Waals surface area contributed by atoms with Crippen LogP contribution in [0.4, 0.5) is 0 Å². The number of H-pyrrole nitrogens is 1. The van der Waals surface area contributed by atoms with Crippen molar-refractivity contribution in [1.82, 2.24) is 10.3 Å². The Morgan fingerprint density at radius 3 is 2.31 bits per heavy atom. The summed E-state index contributed by atoms with van der Waals surface area (Å²) in [6.45, 7) is 2.60. The quantitative estimate of drug-likeness (QED) is 0.270. The second kappa shape index (κ2) is 9.83. The van der Waals surface area contributed by atoms with E-state index >= 15 is 0 Å². The molecule has 1 heterocycles. The van der Waals surface area contributed by atoms with E-state index in [9.17, 15) is 4.79 Å². The lowest BCUT2D eigenvalue weighted by Gasteiger charge is -2.13. The van der Waals surface area contributed by atoms with E-state index in [1.54, 1.807) is 44.2 Å². The zero-order valence-corrected chi connectivity index (χ0v) is 19.2. The Balaban J connectivity index is 1.50. The smallest absolute Gasteiger partial charge is 0.258 e. The number of aromatic nitrogens is 1. The van der Waals surface area contributed by atoms with E-state index in [0.29, 0.717) is 23.6 Å². The monoisotopic (exact) mass is 446 g/mol. The summed E-state index contributed by atoms with van der Waals surface area (Å²) in [5.74, 6) is 1.50. The van der Waals surface area contributed by atoms with Crippen LogP contribution in [0.3, 0.4) is 0 Å². The van der Waals surface area contributed by atoms with Crippen molar-refractivity contribution in [2.75, 3.05) is 26.5 Å². The number of hydrogen-bond acceptors (Lipinski definition) is 4. The molecule has 1 aromatic heterocycles. The number of methoxy groups -OCH3 is 2. The summed E-state index contributed by atoms with van der Waals surface area (Å²) >= 11 is 1.73. The van der Waals surface area contributed by atoms with Crippen molar-refractivity contribution in [3.8, 4) is 22.8 Å². The Labute approximate surface area is 192 Å². The van der Waals surface area contributed by atoms with Crippen molar-refractivity contribution in [2.24, 2.45) is 0 Å². The fraction of sp³-hybridized carbons (Fsp3) is 0.192. The molecule has 4 aromatic rings. The molecule has 0 atom stereocenters. The van der Waals surface area contributed by atoms with Crippen molar-refractivity contribution in [3.63, 3.8) is 0 Å². The van der Waals surface area contributed by atoms with Gasteiger partial charge in [-0.1, -0.05) is 54.1 Å². The van der Waals surface area contributed by atoms with Gasteiger partial charge in [-0.15, -0.1) is 11.8 Å². The van der Waals surface area contributed by atoms with Gasteiger partial charge in [0.2, 0.25) is 0 Å². The van der Waals surface area contributed by atoms with Gasteiger partial charge in [0.1, 0.15) is 17.1 Å². The summed E-state index contributed by atoms with van der Waals surface area (Å²) in [5.41, 5.74) is 5.00. The van der Waals surface area contributed by atoms with Gasteiger partial charge in [-0.3, -0.25) is 4.79 Å². The highest BCUT2D eigenvalue weighted by molar-refractivity contribution is 7.99.